The molecule has 0 unspecified atom stereocenters. The first-order chi connectivity index (χ1) is 10.2. The first-order valence-electron chi connectivity index (χ1n) is 7.23. The van der Waals surface area contributed by atoms with Gasteiger partial charge in [0, 0.05) is 12.1 Å². The number of rotatable bonds is 6. The molecule has 0 spiro atoms. The summed E-state index contributed by atoms with van der Waals surface area (Å²) in [5, 5.41) is 5.17. The van der Waals surface area contributed by atoms with Gasteiger partial charge in [0.25, 0.3) is 0 Å². The Labute approximate surface area is 143 Å². The van der Waals surface area contributed by atoms with Crippen LogP contribution in [-0.4, -0.2) is 30.5 Å². The van der Waals surface area contributed by atoms with E-state index in [1.807, 2.05) is 45.9 Å². The van der Waals surface area contributed by atoms with Gasteiger partial charge >= 0.3 is 0 Å². The maximum atomic E-state index is 11.7. The number of ether oxygens (including phenoxy) is 1. The van der Waals surface area contributed by atoms with Gasteiger partial charge < -0.3 is 21.1 Å². The Morgan fingerprint density at radius 2 is 1.83 bits per heavy atom. The lowest BCUT2D eigenvalue weighted by atomic mass is 10.1. The zero-order valence-corrected chi connectivity index (χ0v) is 14.9. The van der Waals surface area contributed by atoms with Crippen LogP contribution in [0.4, 0.5) is 0 Å². The molecule has 1 rings (SSSR count). The molecule has 23 heavy (non-hydrogen) atoms. The maximum Gasteiger partial charge on any atom is 0.239 e. The summed E-state index contributed by atoms with van der Waals surface area (Å²) in [5.41, 5.74) is 6.81. The summed E-state index contributed by atoms with van der Waals surface area (Å²) >= 11 is 0. The number of aryl methyl sites for hydroxylation is 1. The lowest BCUT2D eigenvalue weighted by Crippen LogP contribution is -2.39. The van der Waals surface area contributed by atoms with Crippen LogP contribution in [0.3, 0.4) is 0 Å². The topological polar surface area (TPSA) is 93.5 Å². The molecule has 0 radical (unpaired) electrons. The molecule has 0 fully saturated rings. The third-order valence-corrected chi connectivity index (χ3v) is 2.75. The molecule has 0 saturated carbocycles. The first-order valence-corrected chi connectivity index (χ1v) is 7.23. The highest BCUT2D eigenvalue weighted by molar-refractivity contribution is 5.85. The van der Waals surface area contributed by atoms with E-state index in [1.54, 1.807) is 0 Å². The predicted octanol–water partition coefficient (Wildman–Crippen LogP) is 1.29. The van der Waals surface area contributed by atoms with Crippen LogP contribution in [0.25, 0.3) is 0 Å². The summed E-state index contributed by atoms with van der Waals surface area (Å²) < 4.78 is 5.92. The second kappa shape index (κ2) is 9.37. The Kier molecular flexibility index (Phi) is 8.64. The fourth-order valence-corrected chi connectivity index (χ4v) is 1.74. The van der Waals surface area contributed by atoms with Crippen LogP contribution < -0.4 is 21.1 Å². The number of carbonyl (C=O) groups is 2. The predicted molar refractivity (Wildman–Crippen MR) is 92.7 cm³/mol. The van der Waals surface area contributed by atoms with Crippen molar-refractivity contribution < 1.29 is 14.3 Å². The fraction of sp³-hybridized carbons (Fsp3) is 0.500. The van der Waals surface area contributed by atoms with Crippen LogP contribution in [0.2, 0.25) is 0 Å². The third-order valence-electron chi connectivity index (χ3n) is 2.75. The molecule has 1 aromatic carbocycles. The van der Waals surface area contributed by atoms with Gasteiger partial charge in [-0.15, -0.1) is 12.4 Å². The van der Waals surface area contributed by atoms with Gasteiger partial charge in [0.05, 0.1) is 13.1 Å². The molecule has 0 aromatic heterocycles. The van der Waals surface area contributed by atoms with Crippen LogP contribution in [0, 0.1) is 6.92 Å². The van der Waals surface area contributed by atoms with Crippen molar-refractivity contribution in [3.63, 3.8) is 0 Å². The van der Waals surface area contributed by atoms with Crippen LogP contribution in [-0.2, 0) is 16.1 Å². The van der Waals surface area contributed by atoms with Gasteiger partial charge in [0.2, 0.25) is 11.8 Å². The van der Waals surface area contributed by atoms with Crippen LogP contribution in [0.5, 0.6) is 5.75 Å². The monoisotopic (exact) mass is 343 g/mol. The van der Waals surface area contributed by atoms with Crippen molar-refractivity contribution in [2.75, 3.05) is 13.1 Å². The summed E-state index contributed by atoms with van der Waals surface area (Å²) in [7, 11) is 0. The summed E-state index contributed by atoms with van der Waals surface area (Å²) in [5.74, 6) is 0.116. The van der Waals surface area contributed by atoms with Crippen molar-refractivity contribution in [2.24, 2.45) is 5.73 Å². The number of carbonyl (C=O) groups excluding carboxylic acids is 2. The van der Waals surface area contributed by atoms with Crippen LogP contribution in [0.15, 0.2) is 18.2 Å². The SMILES string of the molecule is Cc1ccc(CNC(=O)CNC(=O)CN)c(OC(C)(C)C)c1.Cl. The minimum Gasteiger partial charge on any atom is -0.488 e. The normalized spacial score (nSPS) is 10.5. The molecule has 0 bridgehead atoms. The fourth-order valence-electron chi connectivity index (χ4n) is 1.74. The maximum absolute atomic E-state index is 11.7. The zero-order valence-electron chi connectivity index (χ0n) is 14.1. The van der Waals surface area contributed by atoms with E-state index in [2.05, 4.69) is 10.6 Å². The highest BCUT2D eigenvalue weighted by Crippen LogP contribution is 2.24. The molecular formula is C16H26ClN3O3. The lowest BCUT2D eigenvalue weighted by molar-refractivity contribution is -0.125. The Morgan fingerprint density at radius 1 is 1.17 bits per heavy atom. The van der Waals surface area contributed by atoms with Crippen LogP contribution in [0.1, 0.15) is 31.9 Å². The highest BCUT2D eigenvalue weighted by Gasteiger charge is 2.15. The van der Waals surface area contributed by atoms with E-state index in [0.29, 0.717) is 6.54 Å². The Morgan fingerprint density at radius 3 is 2.39 bits per heavy atom. The molecule has 6 nitrogen and oxygen atoms in total. The number of amides is 2. The minimum absolute atomic E-state index is 0. The number of halogens is 1. The minimum atomic E-state index is -0.359. The molecule has 130 valence electrons. The second-order valence-electron chi connectivity index (χ2n) is 6.08. The van der Waals surface area contributed by atoms with Gasteiger partial charge in [-0.3, -0.25) is 9.59 Å². The van der Waals surface area contributed by atoms with Gasteiger partial charge in [-0.2, -0.15) is 0 Å². The lowest BCUT2D eigenvalue weighted by Gasteiger charge is -2.23. The number of hydrogen-bond donors (Lipinski definition) is 3. The summed E-state index contributed by atoms with van der Waals surface area (Å²) in [6, 6.07) is 5.84. The Balaban J connectivity index is 0.00000484. The molecule has 0 aliphatic rings. The quantitative estimate of drug-likeness (QED) is 0.725. The van der Waals surface area contributed by atoms with E-state index in [9.17, 15) is 9.59 Å². The van der Waals surface area contributed by atoms with Crippen molar-refractivity contribution in [2.45, 2.75) is 39.8 Å². The van der Waals surface area contributed by atoms with Crippen molar-refractivity contribution in [3.8, 4) is 5.75 Å². The molecule has 1 aromatic rings. The molecule has 2 amide bonds. The van der Waals surface area contributed by atoms with Gasteiger partial charge in [-0.25, -0.2) is 0 Å². The third kappa shape index (κ3) is 8.42. The Bertz CT molecular complexity index is 542. The van der Waals surface area contributed by atoms with Gasteiger partial charge in [-0.1, -0.05) is 12.1 Å². The van der Waals surface area contributed by atoms with Crippen molar-refractivity contribution in [1.82, 2.24) is 10.6 Å². The van der Waals surface area contributed by atoms with Gasteiger partial charge in [0.1, 0.15) is 11.4 Å². The van der Waals surface area contributed by atoms with E-state index in [-0.39, 0.29) is 42.9 Å². The number of nitrogens with two attached hydrogens (primary N) is 1. The number of benzene rings is 1. The highest BCUT2D eigenvalue weighted by atomic mass is 35.5. The van der Waals surface area contributed by atoms with E-state index in [4.69, 9.17) is 10.5 Å². The van der Waals surface area contributed by atoms with E-state index in [0.717, 1.165) is 16.9 Å². The number of hydrogen-bond acceptors (Lipinski definition) is 4. The summed E-state index contributed by atoms with van der Waals surface area (Å²) in [6.07, 6.45) is 0. The molecule has 7 heteroatoms. The van der Waals surface area contributed by atoms with Gasteiger partial charge in [-0.05, 0) is 39.3 Å². The first kappa shape index (κ1) is 21.2. The van der Waals surface area contributed by atoms with Crippen LogP contribution >= 0.6 is 12.4 Å². The zero-order chi connectivity index (χ0) is 16.8. The molecule has 0 atom stereocenters. The molecule has 0 heterocycles. The molecular weight excluding hydrogens is 318 g/mol. The van der Waals surface area contributed by atoms with Crippen molar-refractivity contribution >= 4 is 24.2 Å². The average Bonchev–Trinajstić information content (AvgIpc) is 2.42. The second-order valence-corrected chi connectivity index (χ2v) is 6.08. The standard InChI is InChI=1S/C16H25N3O3.ClH/c1-11-5-6-12(13(7-11)22-16(2,3)4)9-18-15(21)10-19-14(20)8-17;/h5-7H,8-10,17H2,1-4H3,(H,18,21)(H,19,20);1H. The molecule has 4 N–H and O–H groups in total. The van der Waals surface area contributed by atoms with Gasteiger partial charge in [0.15, 0.2) is 0 Å². The summed E-state index contributed by atoms with van der Waals surface area (Å²) in [4.78, 5) is 22.7. The Hall–Kier alpha value is -1.79. The number of nitrogens with one attached hydrogen (secondary N) is 2. The smallest absolute Gasteiger partial charge is 0.239 e. The van der Waals surface area contributed by atoms with Crippen molar-refractivity contribution in [3.05, 3.63) is 29.3 Å². The van der Waals surface area contributed by atoms with Crippen molar-refractivity contribution in [1.29, 1.82) is 0 Å². The molecule has 0 aliphatic heterocycles. The average molecular weight is 344 g/mol. The summed E-state index contributed by atoms with van der Waals surface area (Å²) in [6.45, 7) is 8.02. The van der Waals surface area contributed by atoms with E-state index >= 15 is 0 Å². The molecule has 0 aliphatic carbocycles. The largest absolute Gasteiger partial charge is 0.488 e. The van der Waals surface area contributed by atoms with E-state index in [1.165, 1.54) is 0 Å². The molecule has 0 saturated heterocycles. The van der Waals surface area contributed by atoms with E-state index < -0.39 is 0 Å².